The molecular weight excluding hydrogens is 364 g/mol. The van der Waals surface area contributed by atoms with Crippen molar-refractivity contribution in [2.24, 2.45) is 0 Å². The van der Waals surface area contributed by atoms with Crippen LogP contribution in [0.1, 0.15) is 15.9 Å². The smallest absolute Gasteiger partial charge is 0.268 e. The first-order valence-corrected chi connectivity index (χ1v) is 8.22. The number of benzene rings is 2. The maximum atomic E-state index is 12.5. The van der Waals surface area contributed by atoms with Gasteiger partial charge in [-0.15, -0.1) is 0 Å². The highest BCUT2D eigenvalue weighted by atomic mass is 16.5. The van der Waals surface area contributed by atoms with Gasteiger partial charge in [-0.25, -0.2) is 0 Å². The van der Waals surface area contributed by atoms with Crippen molar-refractivity contribution in [2.75, 3.05) is 20.8 Å². The molecule has 0 radical (unpaired) electrons. The van der Waals surface area contributed by atoms with Gasteiger partial charge in [-0.3, -0.25) is 9.59 Å². The van der Waals surface area contributed by atoms with E-state index in [1.807, 2.05) is 0 Å². The van der Waals surface area contributed by atoms with Gasteiger partial charge in [-0.05, 0) is 48.0 Å². The molecule has 0 aromatic heterocycles. The minimum absolute atomic E-state index is 0.118. The molecule has 146 valence electrons. The van der Waals surface area contributed by atoms with Crippen molar-refractivity contribution in [3.63, 3.8) is 0 Å². The first-order chi connectivity index (χ1) is 13.4. The van der Waals surface area contributed by atoms with Crippen LogP contribution in [0.25, 0.3) is 6.08 Å². The van der Waals surface area contributed by atoms with Gasteiger partial charge in [-0.1, -0.05) is 12.1 Å². The maximum Gasteiger partial charge on any atom is 0.268 e. The van der Waals surface area contributed by atoms with Crippen molar-refractivity contribution in [3.8, 4) is 11.5 Å². The molecule has 0 aliphatic heterocycles. The fourth-order valence-electron chi connectivity index (χ4n) is 2.21. The topological polar surface area (TPSA) is 117 Å². The second-order valence-electron chi connectivity index (χ2n) is 5.57. The number of methoxy groups -OCH3 is 2. The lowest BCUT2D eigenvalue weighted by Gasteiger charge is -2.12. The van der Waals surface area contributed by atoms with E-state index in [4.69, 9.17) is 9.47 Å². The van der Waals surface area contributed by atoms with Crippen LogP contribution in [0.2, 0.25) is 0 Å². The molecule has 0 unspecified atom stereocenters. The van der Waals surface area contributed by atoms with Gasteiger partial charge in [0.2, 0.25) is 0 Å². The van der Waals surface area contributed by atoms with E-state index in [9.17, 15) is 19.5 Å². The number of nitrogens with one attached hydrogen (secondary N) is 2. The molecule has 2 amide bonds. The molecule has 0 bridgehead atoms. The third-order valence-corrected chi connectivity index (χ3v) is 3.67. The van der Waals surface area contributed by atoms with Gasteiger partial charge in [0.25, 0.3) is 11.8 Å². The number of hydrogen-bond acceptors (Lipinski definition) is 6. The summed E-state index contributed by atoms with van der Waals surface area (Å²) in [5.41, 5.74) is 0.788. The molecule has 2 aromatic carbocycles. The summed E-state index contributed by atoms with van der Waals surface area (Å²) in [6, 6.07) is 13.0. The Morgan fingerprint density at radius 3 is 1.96 bits per heavy atom. The van der Waals surface area contributed by atoms with Crippen LogP contribution in [0.15, 0.2) is 54.2 Å². The van der Waals surface area contributed by atoms with E-state index in [1.165, 1.54) is 32.4 Å². The van der Waals surface area contributed by atoms with E-state index < -0.39 is 24.3 Å². The van der Waals surface area contributed by atoms with Crippen LogP contribution in [0.4, 0.5) is 0 Å². The highest BCUT2D eigenvalue weighted by Crippen LogP contribution is 2.15. The monoisotopic (exact) mass is 383 g/mol. The van der Waals surface area contributed by atoms with Gasteiger partial charge in [-0.2, -0.15) is 0 Å². The molecule has 0 atom stereocenters. The van der Waals surface area contributed by atoms with E-state index in [0.717, 1.165) is 0 Å². The standard InChI is InChI=1S/C20H20N2O6/c1-27-15-7-3-13(4-8-15)11-17(20(26)21-12-18(23)24)22-19(25)14-5-9-16(28-2)10-6-14/h3-11H,12H2,1-2H3,(H,21,26)(H,22,25)(H,23,24)/p-1/b17-11-. The predicted molar refractivity (Wildman–Crippen MR) is 99.4 cm³/mol. The van der Waals surface area contributed by atoms with Crippen molar-refractivity contribution in [2.45, 2.75) is 0 Å². The van der Waals surface area contributed by atoms with Gasteiger partial charge in [0.1, 0.15) is 17.2 Å². The van der Waals surface area contributed by atoms with Crippen LogP contribution < -0.4 is 25.2 Å². The summed E-state index contributed by atoms with van der Waals surface area (Å²) < 4.78 is 10.1. The van der Waals surface area contributed by atoms with Crippen molar-refractivity contribution in [3.05, 3.63) is 65.4 Å². The largest absolute Gasteiger partial charge is 0.548 e. The fraction of sp³-hybridized carbons (Fsp3) is 0.150. The number of hydrogen-bond donors (Lipinski definition) is 2. The maximum absolute atomic E-state index is 12.5. The van der Waals surface area contributed by atoms with Crippen LogP contribution in [0.3, 0.4) is 0 Å². The highest BCUT2D eigenvalue weighted by molar-refractivity contribution is 6.05. The molecule has 0 aliphatic rings. The number of carbonyl (C=O) groups is 3. The number of carboxylic acid groups (broad SMARTS) is 1. The van der Waals surface area contributed by atoms with Gasteiger partial charge < -0.3 is 30.0 Å². The Labute approximate surface area is 161 Å². The number of rotatable bonds is 8. The average Bonchev–Trinajstić information content (AvgIpc) is 2.72. The van der Waals surface area contributed by atoms with E-state index in [1.54, 1.807) is 36.4 Å². The van der Waals surface area contributed by atoms with Crippen LogP contribution in [-0.4, -0.2) is 38.5 Å². The van der Waals surface area contributed by atoms with Crippen LogP contribution in [0, 0.1) is 0 Å². The minimum atomic E-state index is -1.45. The van der Waals surface area contributed by atoms with Gasteiger partial charge >= 0.3 is 0 Å². The number of aliphatic carboxylic acids is 1. The van der Waals surface area contributed by atoms with E-state index in [2.05, 4.69) is 10.6 Å². The molecule has 28 heavy (non-hydrogen) atoms. The normalized spacial score (nSPS) is 10.7. The molecule has 2 N–H and O–H groups in total. The zero-order valence-corrected chi connectivity index (χ0v) is 15.4. The summed E-state index contributed by atoms with van der Waals surface area (Å²) in [5, 5.41) is 15.3. The second-order valence-corrected chi connectivity index (χ2v) is 5.57. The summed E-state index contributed by atoms with van der Waals surface area (Å²) in [6.07, 6.45) is 1.42. The van der Waals surface area contributed by atoms with Crippen LogP contribution in [0.5, 0.6) is 11.5 Å². The van der Waals surface area contributed by atoms with Crippen LogP contribution >= 0.6 is 0 Å². The Morgan fingerprint density at radius 1 is 0.929 bits per heavy atom. The lowest BCUT2D eigenvalue weighted by molar-refractivity contribution is -0.303. The minimum Gasteiger partial charge on any atom is -0.548 e. The van der Waals surface area contributed by atoms with E-state index in [0.29, 0.717) is 22.6 Å². The highest BCUT2D eigenvalue weighted by Gasteiger charge is 2.14. The van der Waals surface area contributed by atoms with Gasteiger partial charge in [0.15, 0.2) is 0 Å². The fourth-order valence-corrected chi connectivity index (χ4v) is 2.21. The summed E-state index contributed by atoms with van der Waals surface area (Å²) in [5.74, 6) is -1.54. The second kappa shape index (κ2) is 9.77. The van der Waals surface area contributed by atoms with Crippen molar-refractivity contribution in [1.82, 2.24) is 10.6 Å². The Kier molecular flexibility index (Phi) is 7.15. The van der Waals surface area contributed by atoms with Crippen LogP contribution in [-0.2, 0) is 9.59 Å². The third kappa shape index (κ3) is 5.87. The van der Waals surface area contributed by atoms with Crippen molar-refractivity contribution >= 4 is 23.9 Å². The summed E-state index contributed by atoms with van der Waals surface area (Å²) in [6.45, 7) is -0.683. The first-order valence-electron chi connectivity index (χ1n) is 8.22. The molecule has 0 saturated heterocycles. The molecular formula is C20H19N2O6-. The van der Waals surface area contributed by atoms with Gasteiger partial charge in [0.05, 0.1) is 26.7 Å². The summed E-state index contributed by atoms with van der Waals surface area (Å²) in [4.78, 5) is 35.4. The zero-order chi connectivity index (χ0) is 20.5. The number of carboxylic acids is 1. The van der Waals surface area contributed by atoms with E-state index in [-0.39, 0.29) is 5.70 Å². The Hall–Kier alpha value is -3.81. The summed E-state index contributed by atoms with van der Waals surface area (Å²) >= 11 is 0. The molecule has 0 saturated carbocycles. The number of amides is 2. The molecule has 8 nitrogen and oxygen atoms in total. The van der Waals surface area contributed by atoms with Gasteiger partial charge in [0, 0.05) is 5.56 Å². The number of ether oxygens (including phenoxy) is 2. The molecule has 0 heterocycles. The molecule has 2 aromatic rings. The van der Waals surface area contributed by atoms with Crippen molar-refractivity contribution < 1.29 is 29.0 Å². The Balaban J connectivity index is 2.25. The number of carbonyl (C=O) groups excluding carboxylic acids is 3. The Morgan fingerprint density at radius 2 is 1.46 bits per heavy atom. The molecule has 0 spiro atoms. The lowest BCUT2D eigenvalue weighted by atomic mass is 10.1. The molecule has 8 heteroatoms. The zero-order valence-electron chi connectivity index (χ0n) is 15.4. The summed E-state index contributed by atoms with van der Waals surface area (Å²) in [7, 11) is 3.03. The quantitative estimate of drug-likeness (QED) is 0.635. The predicted octanol–water partition coefficient (Wildman–Crippen LogP) is 0.341. The molecule has 2 rings (SSSR count). The molecule has 0 fully saturated rings. The lowest BCUT2D eigenvalue weighted by Crippen LogP contribution is -2.41. The SMILES string of the molecule is COc1ccc(/C=C(\NC(=O)c2ccc(OC)cc2)C(=O)NCC(=O)[O-])cc1. The van der Waals surface area contributed by atoms with E-state index >= 15 is 0 Å². The average molecular weight is 383 g/mol. The van der Waals surface area contributed by atoms with Crippen molar-refractivity contribution in [1.29, 1.82) is 0 Å². The third-order valence-electron chi connectivity index (χ3n) is 3.67. The first kappa shape index (κ1) is 20.5. The Bertz CT molecular complexity index is 873. The molecule has 0 aliphatic carbocycles.